The Balaban J connectivity index is 1.72. The first-order chi connectivity index (χ1) is 13.2. The monoisotopic (exact) mass is 373 g/mol. The molecule has 4 aromatic rings. The van der Waals surface area contributed by atoms with Crippen molar-refractivity contribution in [3.63, 3.8) is 0 Å². The zero-order valence-electron chi connectivity index (χ0n) is 15.7. The lowest BCUT2D eigenvalue weighted by molar-refractivity contribution is 0.999. The first-order valence-corrected chi connectivity index (χ1v) is 10.3. The third-order valence-corrected chi connectivity index (χ3v) is 5.84. The first-order valence-electron chi connectivity index (χ1n) is 9.44. The van der Waals surface area contributed by atoms with Crippen molar-refractivity contribution < 1.29 is 0 Å². The molecule has 0 unspecified atom stereocenters. The Morgan fingerprint density at radius 2 is 1.63 bits per heavy atom. The second-order valence-corrected chi connectivity index (χ2v) is 7.73. The molecule has 2 heterocycles. The largest absolute Gasteiger partial charge is 0.340 e. The van der Waals surface area contributed by atoms with Crippen molar-refractivity contribution in [3.05, 3.63) is 82.5 Å². The Kier molecular flexibility index (Phi) is 5.16. The summed E-state index contributed by atoms with van der Waals surface area (Å²) in [4.78, 5) is 12.1. The number of benzene rings is 2. The fourth-order valence-corrected chi connectivity index (χ4v) is 4.09. The molecular formula is C23H23N3S. The van der Waals surface area contributed by atoms with Gasteiger partial charge in [-0.25, -0.2) is 9.97 Å². The molecule has 0 aliphatic rings. The lowest BCUT2D eigenvalue weighted by Crippen LogP contribution is -2.01. The molecule has 0 spiro atoms. The minimum absolute atomic E-state index is 0.736. The van der Waals surface area contributed by atoms with Crippen molar-refractivity contribution in [2.45, 2.75) is 33.1 Å². The van der Waals surface area contributed by atoms with Gasteiger partial charge in [-0.1, -0.05) is 56.3 Å². The number of rotatable bonds is 6. The van der Waals surface area contributed by atoms with E-state index in [0.29, 0.717) is 0 Å². The molecule has 0 saturated carbocycles. The summed E-state index contributed by atoms with van der Waals surface area (Å²) in [5, 5.41) is 4.62. The molecule has 136 valence electrons. The molecule has 2 aromatic carbocycles. The molecule has 0 atom stereocenters. The topological polar surface area (TPSA) is 37.8 Å². The molecule has 4 rings (SSSR count). The zero-order chi connectivity index (χ0) is 18.6. The van der Waals surface area contributed by atoms with Gasteiger partial charge < -0.3 is 5.32 Å². The highest BCUT2D eigenvalue weighted by atomic mass is 32.1. The third kappa shape index (κ3) is 4.01. The van der Waals surface area contributed by atoms with Crippen LogP contribution in [0, 0.1) is 0 Å². The van der Waals surface area contributed by atoms with Gasteiger partial charge in [0.15, 0.2) is 0 Å². The number of nitrogens with zero attached hydrogens (tertiary/aromatic N) is 2. The zero-order valence-corrected chi connectivity index (χ0v) is 16.5. The van der Waals surface area contributed by atoms with Gasteiger partial charge in [0.25, 0.3) is 0 Å². The molecule has 27 heavy (non-hydrogen) atoms. The third-order valence-electron chi connectivity index (χ3n) is 4.67. The Hall–Kier alpha value is -2.72. The predicted octanol–water partition coefficient (Wildman–Crippen LogP) is 6.15. The van der Waals surface area contributed by atoms with Crippen LogP contribution in [0.25, 0.3) is 10.2 Å². The van der Waals surface area contributed by atoms with Crippen molar-refractivity contribution >= 4 is 33.1 Å². The molecule has 0 aliphatic heterocycles. The van der Waals surface area contributed by atoms with E-state index in [1.165, 1.54) is 16.0 Å². The van der Waals surface area contributed by atoms with Gasteiger partial charge >= 0.3 is 0 Å². The van der Waals surface area contributed by atoms with Gasteiger partial charge in [-0.2, -0.15) is 0 Å². The van der Waals surface area contributed by atoms with E-state index in [4.69, 9.17) is 9.97 Å². The number of hydrogen-bond donors (Lipinski definition) is 1. The van der Waals surface area contributed by atoms with Crippen LogP contribution in [0.3, 0.4) is 0 Å². The molecule has 0 saturated heterocycles. The minimum atomic E-state index is 0.736. The standard InChI is InChI=1S/C23H23N3S/c1-3-16-10-12-18(13-11-16)24-22-20-15-19(4-2)27-23(20)26-21(25-22)14-17-8-6-5-7-9-17/h5-13,15H,3-4,14H2,1-2H3,(H,24,25,26). The number of fused-ring (bicyclic) bond motifs is 1. The van der Waals surface area contributed by atoms with Crippen molar-refractivity contribution in [1.82, 2.24) is 9.97 Å². The summed E-state index contributed by atoms with van der Waals surface area (Å²) in [6.07, 6.45) is 2.79. The number of aryl methyl sites for hydroxylation is 2. The van der Waals surface area contributed by atoms with E-state index in [9.17, 15) is 0 Å². The molecule has 1 N–H and O–H groups in total. The Labute approximate surface area is 164 Å². The SMILES string of the molecule is CCc1ccc(Nc2nc(Cc3ccccc3)nc3sc(CC)cc23)cc1. The van der Waals surface area contributed by atoms with Crippen LogP contribution >= 0.6 is 11.3 Å². The molecule has 0 bridgehead atoms. The van der Waals surface area contributed by atoms with Crippen molar-refractivity contribution in [2.75, 3.05) is 5.32 Å². The Morgan fingerprint density at radius 1 is 0.852 bits per heavy atom. The molecular weight excluding hydrogens is 350 g/mol. The molecule has 4 heteroatoms. The van der Waals surface area contributed by atoms with Crippen molar-refractivity contribution in [1.29, 1.82) is 0 Å². The summed E-state index contributed by atoms with van der Waals surface area (Å²) in [5.41, 5.74) is 3.62. The summed E-state index contributed by atoms with van der Waals surface area (Å²) in [6, 6.07) is 21.2. The van der Waals surface area contributed by atoms with Crippen LogP contribution in [0.4, 0.5) is 11.5 Å². The van der Waals surface area contributed by atoms with E-state index in [1.54, 1.807) is 11.3 Å². The Bertz CT molecular complexity index is 1040. The van der Waals surface area contributed by atoms with E-state index < -0.39 is 0 Å². The predicted molar refractivity (Wildman–Crippen MR) is 115 cm³/mol. The fourth-order valence-electron chi connectivity index (χ4n) is 3.10. The maximum Gasteiger partial charge on any atom is 0.142 e. The maximum absolute atomic E-state index is 4.87. The van der Waals surface area contributed by atoms with Crippen LogP contribution in [-0.2, 0) is 19.3 Å². The smallest absolute Gasteiger partial charge is 0.142 e. The lowest BCUT2D eigenvalue weighted by Gasteiger charge is -2.10. The van der Waals surface area contributed by atoms with E-state index in [2.05, 4.69) is 73.8 Å². The number of nitrogens with one attached hydrogen (secondary N) is 1. The molecule has 0 fully saturated rings. The summed E-state index contributed by atoms with van der Waals surface area (Å²) >= 11 is 1.76. The van der Waals surface area contributed by atoms with E-state index in [0.717, 1.165) is 46.8 Å². The van der Waals surface area contributed by atoms with Crippen LogP contribution in [0.2, 0.25) is 0 Å². The minimum Gasteiger partial charge on any atom is -0.340 e. The second kappa shape index (κ2) is 7.89. The van der Waals surface area contributed by atoms with Gasteiger partial charge in [0.05, 0.1) is 5.39 Å². The average Bonchev–Trinajstić information content (AvgIpc) is 3.13. The number of aromatic nitrogens is 2. The van der Waals surface area contributed by atoms with Crippen molar-refractivity contribution in [2.24, 2.45) is 0 Å². The molecule has 2 aromatic heterocycles. The van der Waals surface area contributed by atoms with E-state index in [1.807, 2.05) is 6.07 Å². The van der Waals surface area contributed by atoms with Gasteiger partial charge in [0, 0.05) is 17.0 Å². The molecule has 0 radical (unpaired) electrons. The normalized spacial score (nSPS) is 11.0. The number of anilines is 2. The highest BCUT2D eigenvalue weighted by molar-refractivity contribution is 7.18. The second-order valence-electron chi connectivity index (χ2n) is 6.61. The van der Waals surface area contributed by atoms with Crippen LogP contribution in [-0.4, -0.2) is 9.97 Å². The Morgan fingerprint density at radius 3 is 2.33 bits per heavy atom. The van der Waals surface area contributed by atoms with E-state index >= 15 is 0 Å². The maximum atomic E-state index is 4.87. The summed E-state index contributed by atoms with van der Waals surface area (Å²) in [6.45, 7) is 4.35. The van der Waals surface area contributed by atoms with Gasteiger partial charge in [-0.15, -0.1) is 11.3 Å². The number of hydrogen-bond acceptors (Lipinski definition) is 4. The van der Waals surface area contributed by atoms with Crippen LogP contribution < -0.4 is 5.32 Å². The van der Waals surface area contributed by atoms with E-state index in [-0.39, 0.29) is 0 Å². The van der Waals surface area contributed by atoms with Gasteiger partial charge in [0.2, 0.25) is 0 Å². The first kappa shape index (κ1) is 17.7. The van der Waals surface area contributed by atoms with Gasteiger partial charge in [0.1, 0.15) is 16.5 Å². The van der Waals surface area contributed by atoms with Crippen LogP contribution in [0.5, 0.6) is 0 Å². The fraction of sp³-hybridized carbons (Fsp3) is 0.217. The van der Waals surface area contributed by atoms with Crippen molar-refractivity contribution in [3.8, 4) is 0 Å². The molecule has 3 nitrogen and oxygen atoms in total. The van der Waals surface area contributed by atoms with Gasteiger partial charge in [-0.3, -0.25) is 0 Å². The van der Waals surface area contributed by atoms with Crippen LogP contribution in [0.15, 0.2) is 60.7 Å². The summed E-state index contributed by atoms with van der Waals surface area (Å²) < 4.78 is 0. The van der Waals surface area contributed by atoms with Gasteiger partial charge in [-0.05, 0) is 42.2 Å². The quantitative estimate of drug-likeness (QED) is 0.440. The van der Waals surface area contributed by atoms with Crippen LogP contribution in [0.1, 0.15) is 35.7 Å². The highest BCUT2D eigenvalue weighted by Crippen LogP contribution is 2.31. The highest BCUT2D eigenvalue weighted by Gasteiger charge is 2.12. The lowest BCUT2D eigenvalue weighted by atomic mass is 10.1. The summed E-state index contributed by atoms with van der Waals surface area (Å²) in [5.74, 6) is 1.75. The summed E-state index contributed by atoms with van der Waals surface area (Å²) in [7, 11) is 0. The number of thiophene rings is 1. The molecule has 0 amide bonds. The average molecular weight is 374 g/mol. The molecule has 0 aliphatic carbocycles.